The third kappa shape index (κ3) is 6.57. The molecule has 1 atom stereocenters. The molecule has 1 N–H and O–H groups in total. The van der Waals surface area contributed by atoms with Crippen LogP contribution < -0.4 is 0 Å². The second-order valence-electron chi connectivity index (χ2n) is 8.45. The van der Waals surface area contributed by atoms with E-state index in [2.05, 4.69) is 0 Å². The quantitative estimate of drug-likeness (QED) is 0.199. The number of aliphatic carboxylic acids is 1. The van der Waals surface area contributed by atoms with E-state index >= 15 is 0 Å². The summed E-state index contributed by atoms with van der Waals surface area (Å²) in [5.74, 6) is -1.38. The molecule has 0 saturated carbocycles. The number of carboxylic acids is 1. The van der Waals surface area contributed by atoms with E-state index in [9.17, 15) is 27.9 Å². The van der Waals surface area contributed by atoms with Crippen LogP contribution in [0.3, 0.4) is 0 Å². The van der Waals surface area contributed by atoms with E-state index in [4.69, 9.17) is 16.0 Å². The van der Waals surface area contributed by atoms with Gasteiger partial charge in [-0.15, -0.1) is 0 Å². The number of furan rings is 1. The Morgan fingerprint density at radius 3 is 2.37 bits per heavy atom. The van der Waals surface area contributed by atoms with Gasteiger partial charge in [0.2, 0.25) is 0 Å². The molecule has 0 saturated heterocycles. The molecule has 0 aliphatic heterocycles. The molecule has 0 spiro atoms. The van der Waals surface area contributed by atoms with Gasteiger partial charge in [-0.2, -0.15) is 13.2 Å². The highest BCUT2D eigenvalue weighted by Gasteiger charge is 2.33. The molecule has 1 heterocycles. The van der Waals surface area contributed by atoms with Crippen molar-refractivity contribution in [1.82, 2.24) is 4.90 Å². The number of hydrogen-bond acceptors (Lipinski definition) is 3. The molecule has 10 heteroatoms. The van der Waals surface area contributed by atoms with Gasteiger partial charge in [-0.25, -0.2) is 4.79 Å². The SMILES string of the molecule is O=C(O)[C@H](Cc1ccccc1)N(Cc1ccc(-c2cccc(C(F)(F)F)c2)o1)C(=O)c1ccc(Cl)cc1I. The van der Waals surface area contributed by atoms with Crippen molar-refractivity contribution < 1.29 is 32.3 Å². The van der Waals surface area contributed by atoms with E-state index in [0.29, 0.717) is 14.2 Å². The molecule has 0 bridgehead atoms. The Labute approximate surface area is 235 Å². The Bertz CT molecular complexity index is 1460. The zero-order valence-corrected chi connectivity index (χ0v) is 22.5. The number of amides is 1. The van der Waals surface area contributed by atoms with Gasteiger partial charge in [-0.3, -0.25) is 4.79 Å². The summed E-state index contributed by atoms with van der Waals surface area (Å²) in [6.45, 7) is -0.222. The van der Waals surface area contributed by atoms with Crippen molar-refractivity contribution in [3.05, 3.63) is 116 Å². The Morgan fingerprint density at radius 2 is 1.71 bits per heavy atom. The molecule has 0 radical (unpaired) electrons. The summed E-state index contributed by atoms with van der Waals surface area (Å²) in [6.07, 6.45) is -4.48. The molecular weight excluding hydrogens is 634 g/mol. The van der Waals surface area contributed by atoms with Gasteiger partial charge >= 0.3 is 12.1 Å². The van der Waals surface area contributed by atoms with Gasteiger partial charge in [0.15, 0.2) is 0 Å². The minimum absolute atomic E-state index is 0.0350. The molecule has 196 valence electrons. The monoisotopic (exact) mass is 653 g/mol. The molecule has 0 unspecified atom stereocenters. The van der Waals surface area contributed by atoms with Crippen molar-refractivity contribution in [2.24, 2.45) is 0 Å². The lowest BCUT2D eigenvalue weighted by Gasteiger charge is -2.29. The van der Waals surface area contributed by atoms with Crippen LogP contribution in [0, 0.1) is 3.57 Å². The fourth-order valence-corrected chi connectivity index (χ4v) is 5.05. The molecule has 5 nitrogen and oxygen atoms in total. The average Bonchev–Trinajstić information content (AvgIpc) is 3.34. The van der Waals surface area contributed by atoms with E-state index in [1.165, 1.54) is 35.2 Å². The van der Waals surface area contributed by atoms with Gasteiger partial charge in [-0.1, -0.05) is 54.1 Å². The van der Waals surface area contributed by atoms with Crippen molar-refractivity contribution in [2.45, 2.75) is 25.2 Å². The van der Waals surface area contributed by atoms with Crippen LogP contribution in [0.2, 0.25) is 5.02 Å². The van der Waals surface area contributed by atoms with Crippen LogP contribution in [0.4, 0.5) is 13.2 Å². The minimum atomic E-state index is -4.52. The van der Waals surface area contributed by atoms with E-state index < -0.39 is 29.7 Å². The zero-order chi connectivity index (χ0) is 27.4. The smallest absolute Gasteiger partial charge is 0.416 e. The summed E-state index contributed by atoms with van der Waals surface area (Å²) >= 11 is 8.00. The molecule has 0 aliphatic carbocycles. The first-order chi connectivity index (χ1) is 18.0. The van der Waals surface area contributed by atoms with Crippen molar-refractivity contribution >= 4 is 46.1 Å². The summed E-state index contributed by atoms with van der Waals surface area (Å²) in [4.78, 5) is 27.3. The number of benzene rings is 3. The lowest BCUT2D eigenvalue weighted by Crippen LogP contribution is -2.46. The van der Waals surface area contributed by atoms with E-state index in [1.54, 1.807) is 42.5 Å². The molecule has 0 aliphatic rings. The normalized spacial score (nSPS) is 12.2. The Kier molecular flexibility index (Phi) is 8.47. The topological polar surface area (TPSA) is 70.8 Å². The maximum atomic E-state index is 13.7. The third-order valence-corrected chi connectivity index (χ3v) is 6.95. The van der Waals surface area contributed by atoms with Gasteiger partial charge in [-0.05, 0) is 70.6 Å². The fourth-order valence-electron chi connectivity index (χ4n) is 3.94. The lowest BCUT2D eigenvalue weighted by atomic mass is 10.0. The number of nitrogens with zero attached hydrogens (tertiary/aromatic N) is 1. The number of carbonyl (C=O) groups is 2. The predicted octanol–water partition coefficient (Wildman–Crippen LogP) is 7.56. The third-order valence-electron chi connectivity index (χ3n) is 5.82. The first-order valence-electron chi connectivity index (χ1n) is 11.3. The second kappa shape index (κ2) is 11.6. The number of rotatable bonds is 8. The summed E-state index contributed by atoms with van der Waals surface area (Å²) in [5, 5.41) is 10.6. The maximum absolute atomic E-state index is 13.7. The first-order valence-corrected chi connectivity index (χ1v) is 12.8. The molecule has 1 amide bonds. The van der Waals surface area contributed by atoms with Crippen molar-refractivity contribution in [3.8, 4) is 11.3 Å². The number of hydrogen-bond donors (Lipinski definition) is 1. The minimum Gasteiger partial charge on any atom is -0.480 e. The lowest BCUT2D eigenvalue weighted by molar-refractivity contribution is -0.142. The molecule has 4 rings (SSSR count). The van der Waals surface area contributed by atoms with Crippen LogP contribution in [0.15, 0.2) is 89.3 Å². The number of carboxylic acid groups (broad SMARTS) is 1. The first kappa shape index (κ1) is 27.7. The Hall–Kier alpha value is -3.31. The second-order valence-corrected chi connectivity index (χ2v) is 10.0. The molecular formula is C28H20ClF3INO4. The standard InChI is InChI=1S/C28H20ClF3INO4/c29-20-9-11-22(23(33)15-20)26(35)34(24(27(36)37)13-17-5-2-1-3-6-17)16-21-10-12-25(38-21)18-7-4-8-19(14-18)28(30,31)32/h1-12,14-15,24H,13,16H2,(H,36,37)/t24-/m0/s1. The maximum Gasteiger partial charge on any atom is 0.416 e. The molecule has 38 heavy (non-hydrogen) atoms. The number of halogens is 5. The van der Waals surface area contributed by atoms with E-state index in [0.717, 1.165) is 12.1 Å². The molecule has 1 aromatic heterocycles. The summed E-state index contributed by atoms with van der Waals surface area (Å²) in [6, 6.07) is 20.0. The van der Waals surface area contributed by atoms with Gasteiger partial charge in [0, 0.05) is 20.6 Å². The highest BCUT2D eigenvalue weighted by molar-refractivity contribution is 14.1. The highest BCUT2D eigenvalue weighted by Crippen LogP contribution is 2.33. The average molecular weight is 654 g/mol. The van der Waals surface area contributed by atoms with E-state index in [1.807, 2.05) is 22.6 Å². The Morgan fingerprint density at radius 1 is 0.974 bits per heavy atom. The number of alkyl halides is 3. The van der Waals surface area contributed by atoms with Crippen LogP contribution in [0.1, 0.15) is 27.2 Å². The van der Waals surface area contributed by atoms with Gasteiger partial charge < -0.3 is 14.4 Å². The Balaban J connectivity index is 1.70. The molecule has 0 fully saturated rings. The summed E-state index contributed by atoms with van der Waals surface area (Å²) in [7, 11) is 0. The summed E-state index contributed by atoms with van der Waals surface area (Å²) < 4.78 is 45.9. The predicted molar refractivity (Wildman–Crippen MR) is 145 cm³/mol. The largest absolute Gasteiger partial charge is 0.480 e. The van der Waals surface area contributed by atoms with Gasteiger partial charge in [0.25, 0.3) is 5.91 Å². The van der Waals surface area contributed by atoms with Crippen LogP contribution in [-0.4, -0.2) is 27.9 Å². The van der Waals surface area contributed by atoms with Gasteiger partial charge in [0.05, 0.1) is 17.7 Å². The van der Waals surface area contributed by atoms with E-state index in [-0.39, 0.29) is 35.6 Å². The highest BCUT2D eigenvalue weighted by atomic mass is 127. The van der Waals surface area contributed by atoms with Crippen molar-refractivity contribution in [3.63, 3.8) is 0 Å². The van der Waals surface area contributed by atoms with Crippen LogP contribution in [0.5, 0.6) is 0 Å². The van der Waals surface area contributed by atoms with Crippen LogP contribution in [-0.2, 0) is 23.9 Å². The van der Waals surface area contributed by atoms with Crippen LogP contribution >= 0.6 is 34.2 Å². The van der Waals surface area contributed by atoms with Crippen molar-refractivity contribution in [1.29, 1.82) is 0 Å². The zero-order valence-electron chi connectivity index (χ0n) is 19.6. The van der Waals surface area contributed by atoms with Gasteiger partial charge in [0.1, 0.15) is 17.6 Å². The molecule has 4 aromatic rings. The summed E-state index contributed by atoms with van der Waals surface area (Å²) in [5.41, 5.74) is 0.359. The van der Waals surface area contributed by atoms with Crippen molar-refractivity contribution in [2.75, 3.05) is 0 Å². The number of carbonyl (C=O) groups excluding carboxylic acids is 1. The van der Waals surface area contributed by atoms with Crippen LogP contribution in [0.25, 0.3) is 11.3 Å². The fraction of sp³-hybridized carbons (Fsp3) is 0.143. The molecule has 3 aromatic carbocycles.